The van der Waals surface area contributed by atoms with E-state index in [2.05, 4.69) is 0 Å². The molecule has 0 aromatic heterocycles. The van der Waals surface area contributed by atoms with Crippen LogP contribution in [-0.2, 0) is 25.1 Å². The van der Waals surface area contributed by atoms with Crippen molar-refractivity contribution in [3.05, 3.63) is 0 Å². The predicted molar refractivity (Wildman–Crippen MR) is 60.3 cm³/mol. The van der Waals surface area contributed by atoms with Crippen molar-refractivity contribution in [2.24, 2.45) is 0 Å². The first kappa shape index (κ1) is 13.2. The van der Waals surface area contributed by atoms with Crippen LogP contribution in [0.4, 0.5) is 0 Å². The fraction of sp³-hybridized carbons (Fsp3) is 0.800. The van der Waals surface area contributed by atoms with Crippen LogP contribution in [0.5, 0.6) is 0 Å². The monoisotopic (exact) mass is 247 g/mol. The lowest BCUT2D eigenvalue weighted by molar-refractivity contribution is -0.145. The molecule has 1 fully saturated rings. The van der Waals surface area contributed by atoms with Crippen molar-refractivity contribution < 1.29 is 18.5 Å². The van der Waals surface area contributed by atoms with Crippen molar-refractivity contribution in [3.8, 4) is 0 Å². The van der Waals surface area contributed by atoms with E-state index in [0.717, 1.165) is 0 Å². The number of nitrogens with zero attached hydrogens (tertiary/aromatic N) is 1. The van der Waals surface area contributed by atoms with Crippen LogP contribution in [0, 0.1) is 0 Å². The third kappa shape index (κ3) is 4.30. The third-order valence-electron chi connectivity index (χ3n) is 2.38. The lowest BCUT2D eigenvalue weighted by Gasteiger charge is -2.26. The first-order valence-electron chi connectivity index (χ1n) is 5.42. The Morgan fingerprint density at radius 1 is 1.25 bits per heavy atom. The number of esters is 1. The van der Waals surface area contributed by atoms with Gasteiger partial charge in [0, 0.05) is 41.8 Å². The number of carbonyl (C=O) groups excluding carboxylic acids is 2. The molecule has 1 heterocycles. The molecule has 0 atom stereocenters. The Morgan fingerprint density at radius 2 is 1.88 bits per heavy atom. The SMILES string of the molecule is CCOC(=O)CCC(=O)N1CCS(=O)CC1. The lowest BCUT2D eigenvalue weighted by Crippen LogP contribution is -2.41. The smallest absolute Gasteiger partial charge is 0.306 e. The van der Waals surface area contributed by atoms with Gasteiger partial charge in [-0.25, -0.2) is 0 Å². The summed E-state index contributed by atoms with van der Waals surface area (Å²) in [6.07, 6.45) is 0.317. The zero-order valence-electron chi connectivity index (χ0n) is 9.44. The molecule has 16 heavy (non-hydrogen) atoms. The van der Waals surface area contributed by atoms with Crippen LogP contribution >= 0.6 is 0 Å². The normalized spacial score (nSPS) is 17.2. The van der Waals surface area contributed by atoms with Gasteiger partial charge in [0.15, 0.2) is 0 Å². The molecule has 1 saturated heterocycles. The molecule has 0 N–H and O–H groups in total. The van der Waals surface area contributed by atoms with E-state index in [4.69, 9.17) is 4.74 Å². The van der Waals surface area contributed by atoms with Crippen molar-refractivity contribution in [2.75, 3.05) is 31.2 Å². The standard InChI is InChI=1S/C10H17NO4S/c1-2-15-10(13)4-3-9(12)11-5-7-16(14)8-6-11/h2-8H2,1H3. The van der Waals surface area contributed by atoms with Crippen LogP contribution in [-0.4, -0.2) is 52.2 Å². The van der Waals surface area contributed by atoms with Crippen LogP contribution in [0.2, 0.25) is 0 Å². The summed E-state index contributed by atoms with van der Waals surface area (Å²) in [7, 11) is -0.779. The Balaban J connectivity index is 2.24. The molecular formula is C10H17NO4S. The number of rotatable bonds is 4. The Kier molecular flexibility index (Phi) is 5.45. The van der Waals surface area contributed by atoms with Gasteiger partial charge in [0.25, 0.3) is 0 Å². The van der Waals surface area contributed by atoms with E-state index in [-0.39, 0.29) is 24.7 Å². The molecule has 1 amide bonds. The van der Waals surface area contributed by atoms with Gasteiger partial charge in [-0.15, -0.1) is 0 Å². The number of hydrogen-bond acceptors (Lipinski definition) is 4. The largest absolute Gasteiger partial charge is 0.466 e. The quantitative estimate of drug-likeness (QED) is 0.652. The second-order valence-electron chi connectivity index (χ2n) is 3.53. The molecule has 6 heteroatoms. The van der Waals surface area contributed by atoms with Crippen molar-refractivity contribution in [2.45, 2.75) is 19.8 Å². The fourth-order valence-corrected chi connectivity index (χ4v) is 2.54. The summed E-state index contributed by atoms with van der Waals surface area (Å²) in [4.78, 5) is 24.3. The maximum Gasteiger partial charge on any atom is 0.306 e. The number of hydrogen-bond donors (Lipinski definition) is 0. The molecule has 0 bridgehead atoms. The predicted octanol–water partition coefficient (Wildman–Crippen LogP) is -0.0794. The van der Waals surface area contributed by atoms with Crippen LogP contribution < -0.4 is 0 Å². The molecule has 0 aromatic rings. The molecule has 0 radical (unpaired) electrons. The minimum absolute atomic E-state index is 0.0512. The van der Waals surface area contributed by atoms with Gasteiger partial charge in [-0.05, 0) is 6.92 Å². The Bertz CT molecular complexity index is 283. The first-order valence-corrected chi connectivity index (χ1v) is 6.90. The number of amides is 1. The maximum atomic E-state index is 11.6. The summed E-state index contributed by atoms with van der Waals surface area (Å²) in [5, 5.41) is 0. The van der Waals surface area contributed by atoms with E-state index in [1.807, 2.05) is 0 Å². The van der Waals surface area contributed by atoms with Gasteiger partial charge in [0.2, 0.25) is 5.91 Å². The molecule has 5 nitrogen and oxygen atoms in total. The Labute approximate surface area is 97.6 Å². The Morgan fingerprint density at radius 3 is 2.44 bits per heavy atom. The minimum Gasteiger partial charge on any atom is -0.466 e. The summed E-state index contributed by atoms with van der Waals surface area (Å²) in [6.45, 7) is 3.15. The van der Waals surface area contributed by atoms with Crippen molar-refractivity contribution in [1.82, 2.24) is 4.90 Å². The van der Waals surface area contributed by atoms with Gasteiger partial charge < -0.3 is 9.64 Å². The van der Waals surface area contributed by atoms with Gasteiger partial charge in [0.05, 0.1) is 13.0 Å². The van der Waals surface area contributed by atoms with E-state index < -0.39 is 10.8 Å². The van der Waals surface area contributed by atoms with Gasteiger partial charge >= 0.3 is 5.97 Å². The first-order chi connectivity index (χ1) is 7.63. The Hall–Kier alpha value is -0.910. The lowest BCUT2D eigenvalue weighted by atomic mass is 10.2. The third-order valence-corrected chi connectivity index (χ3v) is 3.65. The molecule has 0 aromatic carbocycles. The van der Waals surface area contributed by atoms with Crippen LogP contribution in [0.1, 0.15) is 19.8 Å². The minimum atomic E-state index is -0.779. The van der Waals surface area contributed by atoms with E-state index in [9.17, 15) is 13.8 Å². The molecule has 0 saturated carbocycles. The highest BCUT2D eigenvalue weighted by atomic mass is 32.2. The summed E-state index contributed by atoms with van der Waals surface area (Å²) < 4.78 is 15.8. The molecule has 92 valence electrons. The summed E-state index contributed by atoms with van der Waals surface area (Å²) in [6, 6.07) is 0. The van der Waals surface area contributed by atoms with Crippen LogP contribution in [0.15, 0.2) is 0 Å². The van der Waals surface area contributed by atoms with Crippen LogP contribution in [0.3, 0.4) is 0 Å². The van der Waals surface area contributed by atoms with E-state index in [0.29, 0.717) is 31.2 Å². The average molecular weight is 247 g/mol. The summed E-state index contributed by atoms with van der Waals surface area (Å²) in [5.41, 5.74) is 0. The zero-order valence-corrected chi connectivity index (χ0v) is 10.3. The van der Waals surface area contributed by atoms with Crippen molar-refractivity contribution >= 4 is 22.7 Å². The maximum absolute atomic E-state index is 11.6. The van der Waals surface area contributed by atoms with Gasteiger partial charge in [-0.1, -0.05) is 0 Å². The summed E-state index contributed by atoms with van der Waals surface area (Å²) >= 11 is 0. The highest BCUT2D eigenvalue weighted by Gasteiger charge is 2.20. The van der Waals surface area contributed by atoms with Crippen molar-refractivity contribution in [3.63, 3.8) is 0 Å². The second-order valence-corrected chi connectivity index (χ2v) is 5.23. The topological polar surface area (TPSA) is 63.7 Å². The molecule has 0 aliphatic carbocycles. The van der Waals surface area contributed by atoms with Gasteiger partial charge in [-0.2, -0.15) is 0 Å². The average Bonchev–Trinajstić information content (AvgIpc) is 2.27. The van der Waals surface area contributed by atoms with Crippen molar-refractivity contribution in [1.29, 1.82) is 0 Å². The molecule has 0 spiro atoms. The van der Waals surface area contributed by atoms with E-state index in [1.165, 1.54) is 0 Å². The highest BCUT2D eigenvalue weighted by molar-refractivity contribution is 7.85. The molecular weight excluding hydrogens is 230 g/mol. The molecule has 1 aliphatic heterocycles. The molecule has 1 rings (SSSR count). The number of carbonyl (C=O) groups is 2. The van der Waals surface area contributed by atoms with E-state index >= 15 is 0 Å². The second kappa shape index (κ2) is 6.62. The van der Waals surface area contributed by atoms with Gasteiger partial charge in [-0.3, -0.25) is 13.8 Å². The molecule has 1 aliphatic rings. The van der Waals surface area contributed by atoms with Crippen LogP contribution in [0.25, 0.3) is 0 Å². The van der Waals surface area contributed by atoms with E-state index in [1.54, 1.807) is 11.8 Å². The summed E-state index contributed by atoms with van der Waals surface area (Å²) in [5.74, 6) is 0.706. The van der Waals surface area contributed by atoms with Gasteiger partial charge in [0.1, 0.15) is 0 Å². The zero-order chi connectivity index (χ0) is 12.0. The fourth-order valence-electron chi connectivity index (χ4n) is 1.49. The highest BCUT2D eigenvalue weighted by Crippen LogP contribution is 2.04. The molecule has 0 unspecified atom stereocenters. The number of ether oxygens (including phenoxy) is 1.